The molecule has 0 radical (unpaired) electrons. The predicted molar refractivity (Wildman–Crippen MR) is 99.7 cm³/mol. The molecule has 0 saturated carbocycles. The van der Waals surface area contributed by atoms with Gasteiger partial charge in [-0.1, -0.05) is 51.9 Å². The van der Waals surface area contributed by atoms with Crippen molar-refractivity contribution in [1.82, 2.24) is 4.57 Å². The average molecular weight is 411 g/mol. The minimum atomic E-state index is -4.89. The minimum Gasteiger partial charge on any atom is -0.324 e. The lowest BCUT2D eigenvalue weighted by atomic mass is 10.1. The first-order chi connectivity index (χ1) is 12.1. The zero-order chi connectivity index (χ0) is 19.6. The number of rotatable bonds is 14. The summed E-state index contributed by atoms with van der Waals surface area (Å²) in [6, 6.07) is 0. The number of unbranched alkanes of at least 4 members (excludes halogenated alkanes) is 8. The molecule has 0 fully saturated rings. The molecule has 0 saturated heterocycles. The summed E-state index contributed by atoms with van der Waals surface area (Å²) in [6.45, 7) is 2.57. The van der Waals surface area contributed by atoms with E-state index >= 15 is 0 Å². The maximum atomic E-state index is 11.3. The lowest BCUT2D eigenvalue weighted by Gasteiger charge is -2.17. The van der Waals surface area contributed by atoms with E-state index < -0.39 is 27.1 Å². The number of nitrogens with zero attached hydrogens (tertiary/aromatic N) is 2. The quantitative estimate of drug-likeness (QED) is 0.212. The van der Waals surface area contributed by atoms with Gasteiger partial charge in [0.05, 0.1) is 6.54 Å². The molecule has 152 valence electrons. The van der Waals surface area contributed by atoms with Crippen LogP contribution in [-0.4, -0.2) is 29.5 Å². The normalized spacial score (nSPS) is 12.8. The second-order valence-electron chi connectivity index (χ2n) is 6.84. The van der Waals surface area contributed by atoms with Crippen LogP contribution in [0.2, 0.25) is 0 Å². The number of imidazole rings is 1. The van der Waals surface area contributed by atoms with Gasteiger partial charge >= 0.3 is 15.2 Å². The summed E-state index contributed by atoms with van der Waals surface area (Å²) in [5, 5.41) is -2.01. The predicted octanol–water partition coefficient (Wildman–Crippen LogP) is 2.99. The van der Waals surface area contributed by atoms with Crippen LogP contribution < -0.4 is 4.57 Å². The summed E-state index contributed by atoms with van der Waals surface area (Å²) in [6.07, 6.45) is 16.0. The summed E-state index contributed by atoms with van der Waals surface area (Å²) in [7, 11) is -9.78. The molecule has 1 aromatic rings. The SMILES string of the molecule is CCCCCCCCCCCn1cc[n+](CC(P(=O)(O)O)P(=O)(O)O)c1. The summed E-state index contributed by atoms with van der Waals surface area (Å²) >= 11 is 0. The summed E-state index contributed by atoms with van der Waals surface area (Å²) in [5.74, 6) is 0. The van der Waals surface area contributed by atoms with Gasteiger partial charge in [0.2, 0.25) is 6.33 Å². The molecule has 1 heterocycles. The molecule has 0 aliphatic rings. The van der Waals surface area contributed by atoms with Crippen LogP contribution in [0, 0.1) is 0 Å². The van der Waals surface area contributed by atoms with Crippen molar-refractivity contribution in [2.75, 3.05) is 0 Å². The van der Waals surface area contributed by atoms with E-state index in [1.54, 1.807) is 18.7 Å². The highest BCUT2D eigenvalue weighted by molar-refractivity contribution is 7.70. The minimum absolute atomic E-state index is 0.417. The standard InChI is InChI=1S/C16H32N2O6P2/c1-2-3-4-5-6-7-8-9-10-11-17-12-13-18(15-17)14-16(25(19,20)21)26(22,23)24/h12-13,15-16H,2-11,14H2,1H3,(H3-,19,20,21,22,23,24)/p+1. The van der Waals surface area contributed by atoms with E-state index in [-0.39, 0.29) is 0 Å². The van der Waals surface area contributed by atoms with Crippen molar-refractivity contribution in [3.05, 3.63) is 18.7 Å². The lowest BCUT2D eigenvalue weighted by Crippen LogP contribution is -2.38. The Hall–Kier alpha value is -0.490. The number of hydrogen-bond acceptors (Lipinski definition) is 2. The number of aromatic nitrogens is 2. The monoisotopic (exact) mass is 411 g/mol. The largest absolute Gasteiger partial charge is 0.344 e. The molecule has 0 spiro atoms. The van der Waals surface area contributed by atoms with Gasteiger partial charge in [0.1, 0.15) is 18.9 Å². The fourth-order valence-electron chi connectivity index (χ4n) is 2.88. The number of aryl methyl sites for hydroxylation is 1. The highest BCUT2D eigenvalue weighted by atomic mass is 31.2. The van der Waals surface area contributed by atoms with Gasteiger partial charge in [-0.25, -0.2) is 9.13 Å². The van der Waals surface area contributed by atoms with Crippen LogP contribution in [0.5, 0.6) is 0 Å². The first-order valence-electron chi connectivity index (χ1n) is 9.30. The number of hydrogen-bond donors (Lipinski definition) is 4. The molecule has 0 aliphatic carbocycles. The first-order valence-corrected chi connectivity index (χ1v) is 12.7. The second-order valence-corrected chi connectivity index (χ2v) is 10.8. The molecule has 1 aromatic heterocycles. The molecule has 1 rings (SSSR count). The Morgan fingerprint density at radius 2 is 1.38 bits per heavy atom. The zero-order valence-electron chi connectivity index (χ0n) is 15.5. The van der Waals surface area contributed by atoms with Crippen LogP contribution in [0.3, 0.4) is 0 Å². The molecular formula is C16H33N2O6P2+. The highest BCUT2D eigenvalue weighted by Crippen LogP contribution is 2.59. The lowest BCUT2D eigenvalue weighted by molar-refractivity contribution is -0.694. The Labute approximate surface area is 155 Å². The smallest absolute Gasteiger partial charge is 0.324 e. The average Bonchev–Trinajstić information content (AvgIpc) is 2.96. The van der Waals surface area contributed by atoms with Crippen molar-refractivity contribution in [2.24, 2.45) is 0 Å². The molecule has 0 aliphatic heterocycles. The van der Waals surface area contributed by atoms with Crippen molar-refractivity contribution in [2.45, 2.75) is 83.2 Å². The highest BCUT2D eigenvalue weighted by Gasteiger charge is 2.45. The molecule has 4 N–H and O–H groups in total. The topological polar surface area (TPSA) is 124 Å². The van der Waals surface area contributed by atoms with Gasteiger partial charge in [-0.3, -0.25) is 9.13 Å². The van der Waals surface area contributed by atoms with Crippen molar-refractivity contribution in [1.29, 1.82) is 0 Å². The van der Waals surface area contributed by atoms with Gasteiger partial charge in [0.15, 0.2) is 5.40 Å². The van der Waals surface area contributed by atoms with Crippen molar-refractivity contribution in [3.63, 3.8) is 0 Å². The third kappa shape index (κ3) is 9.45. The van der Waals surface area contributed by atoms with E-state index in [2.05, 4.69) is 6.92 Å². The van der Waals surface area contributed by atoms with E-state index in [1.165, 1.54) is 49.5 Å². The molecule has 26 heavy (non-hydrogen) atoms. The molecular weight excluding hydrogens is 378 g/mol. The van der Waals surface area contributed by atoms with Gasteiger partial charge in [0, 0.05) is 0 Å². The van der Waals surface area contributed by atoms with Crippen molar-refractivity contribution in [3.8, 4) is 0 Å². The van der Waals surface area contributed by atoms with Gasteiger partial charge in [0.25, 0.3) is 0 Å². The van der Waals surface area contributed by atoms with E-state index in [1.807, 2.05) is 4.57 Å². The van der Waals surface area contributed by atoms with Crippen LogP contribution in [0.4, 0.5) is 0 Å². The van der Waals surface area contributed by atoms with Crippen LogP contribution in [0.1, 0.15) is 64.7 Å². The van der Waals surface area contributed by atoms with Crippen LogP contribution in [-0.2, 0) is 22.2 Å². The van der Waals surface area contributed by atoms with Crippen LogP contribution >= 0.6 is 15.2 Å². The third-order valence-electron chi connectivity index (χ3n) is 4.42. The Kier molecular flexibility index (Phi) is 10.3. The third-order valence-corrected chi connectivity index (χ3v) is 8.10. The zero-order valence-corrected chi connectivity index (χ0v) is 17.3. The fourth-order valence-corrected chi connectivity index (χ4v) is 5.25. The van der Waals surface area contributed by atoms with E-state index in [0.29, 0.717) is 0 Å². The second kappa shape index (κ2) is 11.4. The molecule has 10 heteroatoms. The molecule has 0 atom stereocenters. The van der Waals surface area contributed by atoms with Crippen LogP contribution in [0.25, 0.3) is 0 Å². The summed E-state index contributed by atoms with van der Waals surface area (Å²) in [4.78, 5) is 36.7. The Balaban J connectivity index is 2.32. The summed E-state index contributed by atoms with van der Waals surface area (Å²) in [5.41, 5.74) is 0. The van der Waals surface area contributed by atoms with E-state index in [9.17, 15) is 28.7 Å². The van der Waals surface area contributed by atoms with E-state index in [0.717, 1.165) is 19.4 Å². The summed E-state index contributed by atoms with van der Waals surface area (Å²) < 4.78 is 25.9. The van der Waals surface area contributed by atoms with Crippen LogP contribution in [0.15, 0.2) is 18.7 Å². The Bertz CT molecular complexity index is 588. The molecule has 0 amide bonds. The van der Waals surface area contributed by atoms with Gasteiger partial charge < -0.3 is 19.6 Å². The van der Waals surface area contributed by atoms with Crippen molar-refractivity contribution >= 4 is 15.2 Å². The van der Waals surface area contributed by atoms with Crippen molar-refractivity contribution < 1.29 is 33.3 Å². The van der Waals surface area contributed by atoms with Gasteiger partial charge in [-0.2, -0.15) is 0 Å². The van der Waals surface area contributed by atoms with Gasteiger partial charge in [-0.05, 0) is 12.8 Å². The fraction of sp³-hybridized carbons (Fsp3) is 0.812. The Morgan fingerprint density at radius 3 is 1.88 bits per heavy atom. The maximum absolute atomic E-state index is 11.3. The Morgan fingerprint density at radius 1 is 0.885 bits per heavy atom. The molecule has 0 unspecified atom stereocenters. The maximum Gasteiger partial charge on any atom is 0.344 e. The molecule has 8 nitrogen and oxygen atoms in total. The molecule has 0 bridgehead atoms. The molecule has 0 aromatic carbocycles. The first kappa shape index (κ1) is 23.5. The van der Waals surface area contributed by atoms with Gasteiger partial charge in [-0.15, -0.1) is 0 Å². The van der Waals surface area contributed by atoms with E-state index in [4.69, 9.17) is 0 Å².